The van der Waals surface area contributed by atoms with E-state index in [0.29, 0.717) is 0 Å². The number of hydrogen-bond donors (Lipinski definition) is 4. The number of rotatable bonds is 5. The molecule has 106 valence electrons. The summed E-state index contributed by atoms with van der Waals surface area (Å²) in [5.74, 6) is 0. The van der Waals surface area contributed by atoms with Crippen LogP contribution in [-0.2, 0) is 0 Å². The van der Waals surface area contributed by atoms with E-state index in [4.69, 9.17) is 11.5 Å². The van der Waals surface area contributed by atoms with Gasteiger partial charge in [0.15, 0.2) is 0 Å². The molecule has 0 bridgehead atoms. The fourth-order valence-electron chi connectivity index (χ4n) is 1.04. The van der Waals surface area contributed by atoms with Crippen LogP contribution in [0.2, 0.25) is 0 Å². The van der Waals surface area contributed by atoms with E-state index in [1.54, 1.807) is 0 Å². The lowest BCUT2D eigenvalue weighted by Crippen LogP contribution is -2.21. The third-order valence-electron chi connectivity index (χ3n) is 1.73. The first kappa shape index (κ1) is 19.2. The zero-order chi connectivity index (χ0) is 14.1. The molecule has 1 aromatic carbocycles. The fraction of sp³-hybridized carbons (Fsp3) is 0.571. The highest BCUT2D eigenvalue weighted by Crippen LogP contribution is 2.02. The summed E-state index contributed by atoms with van der Waals surface area (Å²) in [7, 11) is 0. The maximum absolute atomic E-state index is 5.15. The first-order valence-electron chi connectivity index (χ1n) is 6.66. The molecule has 18 heavy (non-hydrogen) atoms. The Morgan fingerprint density at radius 3 is 1.83 bits per heavy atom. The number of anilines is 1. The van der Waals surface area contributed by atoms with E-state index in [-0.39, 0.29) is 0 Å². The Kier molecular flexibility index (Phi) is 19.5. The number of benzene rings is 1. The molecule has 4 nitrogen and oxygen atoms in total. The molecule has 0 amide bonds. The van der Waals surface area contributed by atoms with Gasteiger partial charge in [-0.05, 0) is 32.1 Å². The molecule has 0 saturated heterocycles. The number of likely N-dealkylation sites (N-methyl/N-ethyl adjacent to an activating group) is 1. The van der Waals surface area contributed by atoms with Crippen molar-refractivity contribution in [1.29, 1.82) is 0 Å². The molecule has 1 aromatic rings. The molecule has 0 aliphatic rings. The smallest absolute Gasteiger partial charge is 0.0340 e. The number of hydrogen-bond acceptors (Lipinski definition) is 4. The third kappa shape index (κ3) is 17.3. The average molecular weight is 254 g/mol. The molecule has 0 aliphatic heterocycles. The summed E-state index contributed by atoms with van der Waals surface area (Å²) in [5, 5.41) is 6.28. The van der Waals surface area contributed by atoms with Gasteiger partial charge in [0.05, 0.1) is 0 Å². The predicted octanol–water partition coefficient (Wildman–Crippen LogP) is 1.64. The standard InChI is InChI=1S/C8H11N.C4H12N2.C2H7N/c1-2-9-8-6-4-3-5-7-8;1-2-6-4-3-5;1-2-3/h3-7,9H,2H2,1H3;6H,2-5H2,1H3;2-3H2,1H3. The molecular weight excluding hydrogens is 224 g/mol. The van der Waals surface area contributed by atoms with Gasteiger partial charge in [-0.25, -0.2) is 0 Å². The number of nitrogens with one attached hydrogen (secondary N) is 2. The van der Waals surface area contributed by atoms with Gasteiger partial charge in [-0.15, -0.1) is 0 Å². The Labute approximate surface area is 112 Å². The molecule has 0 aliphatic carbocycles. The highest BCUT2D eigenvalue weighted by molar-refractivity contribution is 5.41. The van der Waals surface area contributed by atoms with Gasteiger partial charge in [0, 0.05) is 25.3 Å². The fourth-order valence-corrected chi connectivity index (χ4v) is 1.04. The maximum atomic E-state index is 5.15. The molecule has 0 unspecified atom stereocenters. The SMILES string of the molecule is CCN.CCNCCN.CCNc1ccccc1. The van der Waals surface area contributed by atoms with Crippen LogP contribution in [0.4, 0.5) is 5.69 Å². The van der Waals surface area contributed by atoms with E-state index >= 15 is 0 Å². The van der Waals surface area contributed by atoms with Crippen molar-refractivity contribution in [3.05, 3.63) is 30.3 Å². The third-order valence-corrected chi connectivity index (χ3v) is 1.73. The van der Waals surface area contributed by atoms with E-state index in [1.807, 2.05) is 25.1 Å². The summed E-state index contributed by atoms with van der Waals surface area (Å²) in [6.07, 6.45) is 0. The molecule has 0 spiro atoms. The Morgan fingerprint density at radius 2 is 1.50 bits per heavy atom. The van der Waals surface area contributed by atoms with Crippen LogP contribution >= 0.6 is 0 Å². The highest BCUT2D eigenvalue weighted by Gasteiger charge is 1.81. The average Bonchev–Trinajstić information content (AvgIpc) is 2.40. The lowest BCUT2D eigenvalue weighted by molar-refractivity contribution is 0.725. The topological polar surface area (TPSA) is 76.1 Å². The van der Waals surface area contributed by atoms with Crippen LogP contribution < -0.4 is 22.1 Å². The summed E-state index contributed by atoms with van der Waals surface area (Å²) in [6, 6.07) is 10.2. The first-order chi connectivity index (χ1) is 8.76. The molecule has 0 fully saturated rings. The highest BCUT2D eigenvalue weighted by atomic mass is 14.9. The minimum absolute atomic E-state index is 0.744. The minimum atomic E-state index is 0.744. The first-order valence-corrected chi connectivity index (χ1v) is 6.66. The van der Waals surface area contributed by atoms with Crippen molar-refractivity contribution in [2.45, 2.75) is 20.8 Å². The van der Waals surface area contributed by atoms with Gasteiger partial charge in [-0.3, -0.25) is 0 Å². The molecule has 0 heterocycles. The lowest BCUT2D eigenvalue weighted by Gasteiger charge is -1.99. The Hall–Kier alpha value is -1.10. The van der Waals surface area contributed by atoms with Crippen LogP contribution in [0.15, 0.2) is 30.3 Å². The molecule has 0 aromatic heterocycles. The molecule has 0 saturated carbocycles. The largest absolute Gasteiger partial charge is 0.385 e. The maximum Gasteiger partial charge on any atom is 0.0340 e. The van der Waals surface area contributed by atoms with Gasteiger partial charge >= 0.3 is 0 Å². The van der Waals surface area contributed by atoms with E-state index < -0.39 is 0 Å². The van der Waals surface area contributed by atoms with Crippen LogP contribution in [0.25, 0.3) is 0 Å². The molecule has 0 atom stereocenters. The predicted molar refractivity (Wildman–Crippen MR) is 82.9 cm³/mol. The number of para-hydroxylation sites is 1. The Balaban J connectivity index is 0. The van der Waals surface area contributed by atoms with Gasteiger partial charge < -0.3 is 22.1 Å². The van der Waals surface area contributed by atoms with Gasteiger partial charge in [0.1, 0.15) is 0 Å². The number of nitrogens with two attached hydrogens (primary N) is 2. The summed E-state index contributed by atoms with van der Waals surface area (Å²) in [6.45, 7) is 10.5. The van der Waals surface area contributed by atoms with E-state index in [9.17, 15) is 0 Å². The normalized spacial score (nSPS) is 8.50. The van der Waals surface area contributed by atoms with Gasteiger partial charge in [-0.1, -0.05) is 32.0 Å². The van der Waals surface area contributed by atoms with E-state index in [1.165, 1.54) is 5.69 Å². The summed E-state index contributed by atoms with van der Waals surface area (Å²) in [4.78, 5) is 0. The van der Waals surface area contributed by atoms with Crippen LogP contribution in [-0.4, -0.2) is 32.7 Å². The second kappa shape index (κ2) is 18.3. The zero-order valence-corrected chi connectivity index (χ0v) is 12.1. The van der Waals surface area contributed by atoms with Crippen LogP contribution in [0.3, 0.4) is 0 Å². The van der Waals surface area contributed by atoms with Crippen LogP contribution in [0.1, 0.15) is 20.8 Å². The minimum Gasteiger partial charge on any atom is -0.385 e. The monoisotopic (exact) mass is 254 g/mol. The van der Waals surface area contributed by atoms with Crippen molar-refractivity contribution >= 4 is 5.69 Å². The Bertz CT molecular complexity index is 222. The van der Waals surface area contributed by atoms with Crippen molar-refractivity contribution in [2.24, 2.45) is 11.5 Å². The van der Waals surface area contributed by atoms with Gasteiger partial charge in [-0.2, -0.15) is 0 Å². The Morgan fingerprint density at radius 1 is 0.944 bits per heavy atom. The quantitative estimate of drug-likeness (QED) is 0.603. The van der Waals surface area contributed by atoms with Crippen LogP contribution in [0, 0.1) is 0 Å². The van der Waals surface area contributed by atoms with E-state index in [0.717, 1.165) is 32.7 Å². The zero-order valence-electron chi connectivity index (χ0n) is 12.1. The molecule has 6 N–H and O–H groups in total. The van der Waals surface area contributed by atoms with Crippen LogP contribution in [0.5, 0.6) is 0 Å². The second-order valence-corrected chi connectivity index (χ2v) is 3.45. The van der Waals surface area contributed by atoms with Gasteiger partial charge in [0.25, 0.3) is 0 Å². The van der Waals surface area contributed by atoms with Crippen molar-refractivity contribution in [1.82, 2.24) is 5.32 Å². The summed E-state index contributed by atoms with van der Waals surface area (Å²) in [5.41, 5.74) is 11.2. The van der Waals surface area contributed by atoms with Crippen molar-refractivity contribution in [3.63, 3.8) is 0 Å². The van der Waals surface area contributed by atoms with Crippen molar-refractivity contribution in [2.75, 3.05) is 38.0 Å². The molecule has 4 heteroatoms. The summed E-state index contributed by atoms with van der Waals surface area (Å²) >= 11 is 0. The molecular formula is C14H30N4. The molecule has 0 radical (unpaired) electrons. The van der Waals surface area contributed by atoms with E-state index in [2.05, 4.69) is 36.6 Å². The van der Waals surface area contributed by atoms with Gasteiger partial charge in [0.2, 0.25) is 0 Å². The van der Waals surface area contributed by atoms with Crippen molar-refractivity contribution < 1.29 is 0 Å². The lowest BCUT2D eigenvalue weighted by atomic mass is 10.3. The van der Waals surface area contributed by atoms with Crippen molar-refractivity contribution in [3.8, 4) is 0 Å². The summed E-state index contributed by atoms with van der Waals surface area (Å²) < 4.78 is 0. The molecule has 1 rings (SSSR count). The second-order valence-electron chi connectivity index (χ2n) is 3.45.